The smallest absolute Gasteiger partial charge is 0.225 e. The van der Waals surface area contributed by atoms with E-state index in [-0.39, 0.29) is 17.7 Å². The second kappa shape index (κ2) is 7.24. The Hall–Kier alpha value is -1.85. The molecule has 1 aromatic heterocycles. The summed E-state index contributed by atoms with van der Waals surface area (Å²) in [5.74, 6) is 0.345. The number of nitrogens with one attached hydrogen (secondary N) is 1. The third-order valence-corrected chi connectivity index (χ3v) is 3.62. The van der Waals surface area contributed by atoms with E-state index in [1.54, 1.807) is 17.4 Å². The highest BCUT2D eigenvalue weighted by Crippen LogP contribution is 2.19. The molecule has 2 amide bonds. The minimum Gasteiger partial charge on any atom is -0.356 e. The second-order valence-electron chi connectivity index (χ2n) is 6.04. The first-order chi connectivity index (χ1) is 10.1. The number of amides is 2. The van der Waals surface area contributed by atoms with Gasteiger partial charge in [-0.3, -0.25) is 9.59 Å². The molecule has 21 heavy (non-hydrogen) atoms. The van der Waals surface area contributed by atoms with E-state index in [0.717, 1.165) is 19.5 Å². The van der Waals surface area contributed by atoms with Crippen LogP contribution in [0.1, 0.15) is 26.7 Å². The van der Waals surface area contributed by atoms with Crippen molar-refractivity contribution in [2.45, 2.75) is 33.2 Å². The summed E-state index contributed by atoms with van der Waals surface area (Å²) in [6, 6.07) is 0. The molecule has 116 valence electrons. The molecule has 0 aliphatic carbocycles. The first-order valence-electron chi connectivity index (χ1n) is 7.57. The van der Waals surface area contributed by atoms with Crippen LogP contribution in [0.25, 0.3) is 0 Å². The molecule has 1 aliphatic heterocycles. The molecular weight excluding hydrogens is 268 g/mol. The molecule has 1 N–H and O–H groups in total. The summed E-state index contributed by atoms with van der Waals surface area (Å²) in [5.41, 5.74) is 0. The summed E-state index contributed by atoms with van der Waals surface area (Å²) < 4.78 is 1.98. The van der Waals surface area contributed by atoms with Crippen molar-refractivity contribution in [3.05, 3.63) is 18.7 Å². The predicted molar refractivity (Wildman–Crippen MR) is 79.4 cm³/mol. The number of imidazole rings is 1. The Bertz CT molecular complexity index is 470. The van der Waals surface area contributed by atoms with Crippen molar-refractivity contribution in [1.82, 2.24) is 19.8 Å². The molecule has 1 aromatic rings. The predicted octanol–water partition coefficient (Wildman–Crippen LogP) is 0.894. The lowest BCUT2D eigenvalue weighted by atomic mass is 10.1. The number of rotatable bonds is 7. The normalized spacial score (nSPS) is 18.5. The van der Waals surface area contributed by atoms with Gasteiger partial charge in [-0.1, -0.05) is 13.8 Å². The summed E-state index contributed by atoms with van der Waals surface area (Å²) in [7, 11) is 0. The van der Waals surface area contributed by atoms with Gasteiger partial charge >= 0.3 is 0 Å². The van der Waals surface area contributed by atoms with Crippen molar-refractivity contribution in [2.75, 3.05) is 19.6 Å². The van der Waals surface area contributed by atoms with Gasteiger partial charge in [-0.2, -0.15) is 0 Å². The van der Waals surface area contributed by atoms with Crippen LogP contribution < -0.4 is 5.32 Å². The number of aromatic nitrogens is 2. The lowest BCUT2D eigenvalue weighted by Crippen LogP contribution is -2.34. The monoisotopic (exact) mass is 292 g/mol. The van der Waals surface area contributed by atoms with Gasteiger partial charge in [0.1, 0.15) is 0 Å². The fourth-order valence-corrected chi connectivity index (χ4v) is 2.60. The molecular formula is C15H24N4O2. The summed E-state index contributed by atoms with van der Waals surface area (Å²) >= 11 is 0. The Morgan fingerprint density at radius 3 is 3.00 bits per heavy atom. The molecule has 2 heterocycles. The molecule has 1 atom stereocenters. The molecule has 2 rings (SSSR count). The van der Waals surface area contributed by atoms with Crippen molar-refractivity contribution < 1.29 is 9.59 Å². The van der Waals surface area contributed by atoms with E-state index in [4.69, 9.17) is 0 Å². The van der Waals surface area contributed by atoms with Gasteiger partial charge in [-0.15, -0.1) is 0 Å². The van der Waals surface area contributed by atoms with Crippen molar-refractivity contribution in [2.24, 2.45) is 11.8 Å². The van der Waals surface area contributed by atoms with Crippen molar-refractivity contribution in [3.63, 3.8) is 0 Å². The highest BCUT2D eigenvalue weighted by molar-refractivity contribution is 5.89. The van der Waals surface area contributed by atoms with Gasteiger partial charge in [0.25, 0.3) is 0 Å². The topological polar surface area (TPSA) is 67.2 Å². The third kappa shape index (κ3) is 4.58. The van der Waals surface area contributed by atoms with E-state index in [2.05, 4.69) is 24.1 Å². The maximum Gasteiger partial charge on any atom is 0.225 e. The maximum absolute atomic E-state index is 12.1. The van der Waals surface area contributed by atoms with Crippen molar-refractivity contribution >= 4 is 11.8 Å². The van der Waals surface area contributed by atoms with E-state index >= 15 is 0 Å². The number of hydrogen-bond donors (Lipinski definition) is 1. The number of carbonyl (C=O) groups is 2. The first-order valence-corrected chi connectivity index (χ1v) is 7.57. The van der Waals surface area contributed by atoms with Gasteiger partial charge < -0.3 is 14.8 Å². The van der Waals surface area contributed by atoms with Crippen LogP contribution in [-0.4, -0.2) is 45.9 Å². The fraction of sp³-hybridized carbons (Fsp3) is 0.667. The zero-order valence-corrected chi connectivity index (χ0v) is 12.8. The average Bonchev–Trinajstić information content (AvgIpc) is 3.05. The summed E-state index contributed by atoms with van der Waals surface area (Å²) in [6.07, 6.45) is 6.62. The van der Waals surface area contributed by atoms with Crippen LogP contribution in [0.15, 0.2) is 18.7 Å². The molecule has 0 aromatic carbocycles. The van der Waals surface area contributed by atoms with Crippen molar-refractivity contribution in [1.29, 1.82) is 0 Å². The SMILES string of the molecule is CC(C)CN1C[C@H](C(=O)NCCCn2ccnc2)CC1=O. The molecule has 1 aliphatic rings. The molecule has 0 bridgehead atoms. The minimum absolute atomic E-state index is 0.000220. The Morgan fingerprint density at radius 1 is 1.52 bits per heavy atom. The summed E-state index contributed by atoms with van der Waals surface area (Å²) in [5, 5.41) is 2.93. The van der Waals surface area contributed by atoms with Gasteiger partial charge in [0, 0.05) is 45.0 Å². The Morgan fingerprint density at radius 2 is 2.33 bits per heavy atom. The van der Waals surface area contributed by atoms with Crippen LogP contribution in [0, 0.1) is 11.8 Å². The summed E-state index contributed by atoms with van der Waals surface area (Å²) in [4.78, 5) is 29.7. The summed E-state index contributed by atoms with van der Waals surface area (Å²) in [6.45, 7) is 6.93. The quantitative estimate of drug-likeness (QED) is 0.759. The van der Waals surface area contributed by atoms with E-state index in [1.165, 1.54) is 0 Å². The zero-order valence-electron chi connectivity index (χ0n) is 12.8. The number of likely N-dealkylation sites (tertiary alicyclic amines) is 1. The Labute approximate surface area is 125 Å². The second-order valence-corrected chi connectivity index (χ2v) is 6.04. The van der Waals surface area contributed by atoms with Gasteiger partial charge in [0.05, 0.1) is 12.2 Å². The Balaban J connectivity index is 1.68. The Kier molecular flexibility index (Phi) is 5.36. The van der Waals surface area contributed by atoms with Crippen LogP contribution >= 0.6 is 0 Å². The van der Waals surface area contributed by atoms with Crippen molar-refractivity contribution in [3.8, 4) is 0 Å². The van der Waals surface area contributed by atoms with Gasteiger partial charge in [0.2, 0.25) is 11.8 Å². The number of carbonyl (C=O) groups excluding carboxylic acids is 2. The van der Waals surface area contributed by atoms with Crippen LogP contribution in [0.3, 0.4) is 0 Å². The van der Waals surface area contributed by atoms with Crippen LogP contribution in [0.5, 0.6) is 0 Å². The highest BCUT2D eigenvalue weighted by atomic mass is 16.2. The largest absolute Gasteiger partial charge is 0.356 e. The molecule has 6 nitrogen and oxygen atoms in total. The van der Waals surface area contributed by atoms with E-state index < -0.39 is 0 Å². The standard InChI is InChI=1S/C15H24N4O2/c1-12(2)9-19-10-13(8-14(19)20)15(21)17-4-3-6-18-7-5-16-11-18/h5,7,11-13H,3-4,6,8-10H2,1-2H3,(H,17,21)/t13-/m1/s1. The first kappa shape index (κ1) is 15.5. The molecule has 1 fully saturated rings. The number of nitrogens with zero attached hydrogens (tertiary/aromatic N) is 3. The molecule has 0 spiro atoms. The molecule has 0 radical (unpaired) electrons. The van der Waals surface area contributed by atoms with Crippen LogP contribution in [0.4, 0.5) is 0 Å². The van der Waals surface area contributed by atoms with E-state index in [9.17, 15) is 9.59 Å². The lowest BCUT2D eigenvalue weighted by molar-refractivity contribution is -0.129. The fourth-order valence-electron chi connectivity index (χ4n) is 2.60. The highest BCUT2D eigenvalue weighted by Gasteiger charge is 2.34. The van der Waals surface area contributed by atoms with E-state index in [0.29, 0.717) is 25.4 Å². The van der Waals surface area contributed by atoms with Gasteiger partial charge in [0.15, 0.2) is 0 Å². The zero-order chi connectivity index (χ0) is 15.2. The number of aryl methyl sites for hydroxylation is 1. The third-order valence-electron chi connectivity index (χ3n) is 3.62. The molecule has 0 saturated carbocycles. The maximum atomic E-state index is 12.1. The lowest BCUT2D eigenvalue weighted by Gasteiger charge is -2.18. The average molecular weight is 292 g/mol. The van der Waals surface area contributed by atoms with Gasteiger partial charge in [-0.25, -0.2) is 4.98 Å². The van der Waals surface area contributed by atoms with Crippen LogP contribution in [-0.2, 0) is 16.1 Å². The number of hydrogen-bond acceptors (Lipinski definition) is 3. The minimum atomic E-state index is -0.190. The molecule has 1 saturated heterocycles. The molecule has 0 unspecified atom stereocenters. The molecule has 6 heteroatoms. The van der Waals surface area contributed by atoms with Crippen LogP contribution in [0.2, 0.25) is 0 Å². The van der Waals surface area contributed by atoms with Gasteiger partial charge in [-0.05, 0) is 12.3 Å². The van der Waals surface area contributed by atoms with E-state index in [1.807, 2.05) is 10.8 Å².